The van der Waals surface area contributed by atoms with E-state index < -0.39 is 10.0 Å². The first-order chi connectivity index (χ1) is 9.29. The van der Waals surface area contributed by atoms with Crippen LogP contribution in [0, 0.1) is 6.92 Å². The van der Waals surface area contributed by atoms with Crippen LogP contribution in [0.25, 0.3) is 0 Å². The van der Waals surface area contributed by atoms with Crippen molar-refractivity contribution in [1.82, 2.24) is 5.32 Å². The maximum Gasteiger partial charge on any atom is 0.261 e. The summed E-state index contributed by atoms with van der Waals surface area (Å²) >= 11 is 1.12. The van der Waals surface area contributed by atoms with Gasteiger partial charge in [-0.2, -0.15) is 0 Å². The van der Waals surface area contributed by atoms with Gasteiger partial charge >= 0.3 is 0 Å². The molecule has 0 saturated carbocycles. The molecule has 0 bridgehead atoms. The molecule has 1 fully saturated rings. The SMILES string of the molecule is Cc1sc(C(=O)NC(C)C2CCCO2)cc1S(N)(=O)=O. The van der Waals surface area contributed by atoms with E-state index in [4.69, 9.17) is 9.88 Å². The number of ether oxygens (including phenoxy) is 1. The van der Waals surface area contributed by atoms with Gasteiger partial charge < -0.3 is 10.1 Å². The number of thiophene rings is 1. The molecule has 8 heteroatoms. The quantitative estimate of drug-likeness (QED) is 0.865. The molecule has 1 aliphatic rings. The molecule has 0 aliphatic carbocycles. The average molecular weight is 318 g/mol. The predicted molar refractivity (Wildman–Crippen MR) is 76.3 cm³/mol. The van der Waals surface area contributed by atoms with Gasteiger partial charge in [0.1, 0.15) is 0 Å². The van der Waals surface area contributed by atoms with Gasteiger partial charge in [0, 0.05) is 11.5 Å². The van der Waals surface area contributed by atoms with Crippen molar-refractivity contribution in [3.8, 4) is 0 Å². The minimum atomic E-state index is -3.78. The number of nitrogens with one attached hydrogen (secondary N) is 1. The lowest BCUT2D eigenvalue weighted by molar-refractivity contribution is 0.0714. The second-order valence-corrected chi connectivity index (χ2v) is 7.68. The van der Waals surface area contributed by atoms with Gasteiger partial charge in [-0.15, -0.1) is 11.3 Å². The van der Waals surface area contributed by atoms with Crippen molar-refractivity contribution in [3.63, 3.8) is 0 Å². The molecule has 1 amide bonds. The smallest absolute Gasteiger partial charge is 0.261 e. The number of amides is 1. The molecule has 2 atom stereocenters. The van der Waals surface area contributed by atoms with E-state index >= 15 is 0 Å². The van der Waals surface area contributed by atoms with Crippen LogP contribution in [0.2, 0.25) is 0 Å². The van der Waals surface area contributed by atoms with Crippen LogP contribution in [0.15, 0.2) is 11.0 Å². The molecule has 112 valence electrons. The topological polar surface area (TPSA) is 98.5 Å². The maximum absolute atomic E-state index is 12.1. The summed E-state index contributed by atoms with van der Waals surface area (Å²) in [6.45, 7) is 4.23. The van der Waals surface area contributed by atoms with Crippen molar-refractivity contribution >= 4 is 27.3 Å². The van der Waals surface area contributed by atoms with Crippen molar-refractivity contribution in [2.24, 2.45) is 5.14 Å². The van der Waals surface area contributed by atoms with Crippen LogP contribution < -0.4 is 10.5 Å². The normalized spacial score (nSPS) is 20.9. The van der Waals surface area contributed by atoms with E-state index in [1.54, 1.807) is 6.92 Å². The Bertz CT molecular complexity index is 603. The Morgan fingerprint density at radius 1 is 1.60 bits per heavy atom. The zero-order valence-corrected chi connectivity index (χ0v) is 13.0. The Morgan fingerprint density at radius 2 is 2.30 bits per heavy atom. The van der Waals surface area contributed by atoms with Crippen molar-refractivity contribution in [3.05, 3.63) is 15.8 Å². The van der Waals surface area contributed by atoms with Crippen LogP contribution in [0.3, 0.4) is 0 Å². The zero-order valence-electron chi connectivity index (χ0n) is 11.4. The number of carbonyl (C=O) groups excluding carboxylic acids is 1. The molecule has 2 heterocycles. The molecule has 1 aliphatic heterocycles. The summed E-state index contributed by atoms with van der Waals surface area (Å²) in [6.07, 6.45) is 1.95. The lowest BCUT2D eigenvalue weighted by Gasteiger charge is -2.19. The predicted octanol–water partition coefficient (Wildman–Crippen LogP) is 1.00. The largest absolute Gasteiger partial charge is 0.376 e. The summed E-state index contributed by atoms with van der Waals surface area (Å²) in [5.41, 5.74) is 0. The number of primary sulfonamides is 1. The Labute approximate surface area is 122 Å². The van der Waals surface area contributed by atoms with Crippen LogP contribution in [0.4, 0.5) is 0 Å². The summed E-state index contributed by atoms with van der Waals surface area (Å²) in [7, 11) is -3.78. The third kappa shape index (κ3) is 3.38. The second-order valence-electron chi connectivity index (χ2n) is 4.89. The minimum Gasteiger partial charge on any atom is -0.376 e. The van der Waals surface area contributed by atoms with Crippen molar-refractivity contribution in [2.75, 3.05) is 6.61 Å². The summed E-state index contributed by atoms with van der Waals surface area (Å²) in [6, 6.07) is 1.22. The van der Waals surface area contributed by atoms with Crippen LogP contribution in [-0.2, 0) is 14.8 Å². The Hall–Kier alpha value is -0.960. The van der Waals surface area contributed by atoms with Crippen molar-refractivity contribution in [1.29, 1.82) is 0 Å². The van der Waals surface area contributed by atoms with Crippen molar-refractivity contribution in [2.45, 2.75) is 43.7 Å². The monoisotopic (exact) mass is 318 g/mol. The van der Waals surface area contributed by atoms with E-state index in [-0.39, 0.29) is 22.9 Å². The average Bonchev–Trinajstić information content (AvgIpc) is 2.95. The summed E-state index contributed by atoms with van der Waals surface area (Å²) in [4.78, 5) is 13.0. The van der Waals surface area contributed by atoms with Gasteiger partial charge in [-0.05, 0) is 32.8 Å². The molecule has 2 rings (SSSR count). The third-order valence-corrected chi connectivity index (χ3v) is 5.50. The first-order valence-electron chi connectivity index (χ1n) is 6.34. The van der Waals surface area contributed by atoms with Crippen LogP contribution in [-0.4, -0.2) is 33.1 Å². The highest BCUT2D eigenvalue weighted by atomic mass is 32.2. The van der Waals surface area contributed by atoms with E-state index in [0.29, 0.717) is 9.75 Å². The van der Waals surface area contributed by atoms with Gasteiger partial charge in [0.25, 0.3) is 5.91 Å². The maximum atomic E-state index is 12.1. The lowest BCUT2D eigenvalue weighted by Crippen LogP contribution is -2.40. The molecule has 0 radical (unpaired) electrons. The highest BCUT2D eigenvalue weighted by Crippen LogP contribution is 2.25. The summed E-state index contributed by atoms with van der Waals surface area (Å²) < 4.78 is 28.2. The number of sulfonamides is 1. The molecular weight excluding hydrogens is 300 g/mol. The molecule has 3 N–H and O–H groups in total. The molecule has 1 aromatic rings. The fraction of sp³-hybridized carbons (Fsp3) is 0.583. The van der Waals surface area contributed by atoms with Gasteiger partial charge in [-0.1, -0.05) is 0 Å². The van der Waals surface area contributed by atoms with E-state index in [2.05, 4.69) is 5.32 Å². The Balaban J connectivity index is 2.10. The van der Waals surface area contributed by atoms with E-state index in [1.165, 1.54) is 6.07 Å². The molecule has 20 heavy (non-hydrogen) atoms. The number of hydrogen-bond acceptors (Lipinski definition) is 5. The molecular formula is C12H18N2O4S2. The molecule has 6 nitrogen and oxygen atoms in total. The minimum absolute atomic E-state index is 0.0115. The third-order valence-electron chi connectivity index (χ3n) is 3.28. The second kappa shape index (κ2) is 5.80. The Kier molecular flexibility index (Phi) is 4.48. The molecule has 0 spiro atoms. The van der Waals surface area contributed by atoms with E-state index in [0.717, 1.165) is 30.8 Å². The zero-order chi connectivity index (χ0) is 14.9. The highest BCUT2D eigenvalue weighted by Gasteiger charge is 2.25. The van der Waals surface area contributed by atoms with Gasteiger partial charge in [0.2, 0.25) is 10.0 Å². The molecule has 0 aromatic carbocycles. The van der Waals surface area contributed by atoms with Gasteiger partial charge in [-0.3, -0.25) is 4.79 Å². The van der Waals surface area contributed by atoms with E-state index in [1.807, 2.05) is 6.92 Å². The van der Waals surface area contributed by atoms with Crippen molar-refractivity contribution < 1.29 is 17.9 Å². The van der Waals surface area contributed by atoms with Crippen LogP contribution >= 0.6 is 11.3 Å². The fourth-order valence-electron chi connectivity index (χ4n) is 2.23. The first kappa shape index (κ1) is 15.4. The fourth-order valence-corrected chi connectivity index (χ4v) is 4.28. The lowest BCUT2D eigenvalue weighted by atomic mass is 10.1. The highest BCUT2D eigenvalue weighted by molar-refractivity contribution is 7.89. The van der Waals surface area contributed by atoms with Gasteiger partial charge in [-0.25, -0.2) is 13.6 Å². The number of rotatable bonds is 4. The van der Waals surface area contributed by atoms with Gasteiger partial charge in [0.15, 0.2) is 0 Å². The molecule has 2 unspecified atom stereocenters. The van der Waals surface area contributed by atoms with Crippen LogP contribution in [0.1, 0.15) is 34.3 Å². The number of hydrogen-bond donors (Lipinski definition) is 2. The Morgan fingerprint density at radius 3 is 2.80 bits per heavy atom. The van der Waals surface area contributed by atoms with Crippen LogP contribution in [0.5, 0.6) is 0 Å². The molecule has 1 aromatic heterocycles. The van der Waals surface area contributed by atoms with E-state index in [9.17, 15) is 13.2 Å². The van der Waals surface area contributed by atoms with Gasteiger partial charge in [0.05, 0.1) is 21.9 Å². The standard InChI is InChI=1S/C12H18N2O4S2/c1-7(9-4-3-5-18-9)14-12(15)10-6-11(8(2)19-10)20(13,16)17/h6-7,9H,3-5H2,1-2H3,(H,14,15)(H2,13,16,17). The summed E-state index contributed by atoms with van der Waals surface area (Å²) in [5.74, 6) is -0.295. The number of nitrogens with two attached hydrogens (primary N) is 1. The number of aryl methyl sites for hydroxylation is 1. The first-order valence-corrected chi connectivity index (χ1v) is 8.71. The number of carbonyl (C=O) groups is 1. The summed E-state index contributed by atoms with van der Waals surface area (Å²) in [5, 5.41) is 7.94. The molecule has 1 saturated heterocycles.